The van der Waals surface area contributed by atoms with Gasteiger partial charge >= 0.3 is 228 Å². The Morgan fingerprint density at radius 2 is 1.56 bits per heavy atom. The molecule has 2 nitrogen and oxygen atoms in total. The van der Waals surface area contributed by atoms with Gasteiger partial charge in [0.15, 0.2) is 0 Å². The Morgan fingerprint density at radius 3 is 2.17 bits per heavy atom. The van der Waals surface area contributed by atoms with E-state index in [4.69, 9.17) is 0 Å². The van der Waals surface area contributed by atoms with Gasteiger partial charge in [-0.15, -0.1) is 0 Å². The van der Waals surface area contributed by atoms with Crippen molar-refractivity contribution in [2.75, 3.05) is 0 Å². The number of allylic oxidation sites excluding steroid dienone is 1. The second-order valence-electron chi connectivity index (χ2n) is 13.3. The van der Waals surface area contributed by atoms with E-state index < -0.39 is 24.0 Å². The molecule has 6 atom stereocenters. The van der Waals surface area contributed by atoms with Crippen LogP contribution in [0.3, 0.4) is 0 Å². The Kier molecular flexibility index (Phi) is 9.95. The molecule has 0 aromatic rings. The topological polar surface area (TPSA) is 37.3 Å². The average Bonchev–Trinajstić information content (AvgIpc) is 3.20. The second-order valence-corrected chi connectivity index (χ2v) is 26.3. The van der Waals surface area contributed by atoms with E-state index in [0.717, 1.165) is 43.9 Å². The fraction of sp³-hybridized carbons (Fsp3) is 0.848. The van der Waals surface area contributed by atoms with Crippen molar-refractivity contribution in [1.29, 1.82) is 0 Å². The van der Waals surface area contributed by atoms with Crippen LogP contribution < -0.4 is 0 Å². The van der Waals surface area contributed by atoms with Gasteiger partial charge in [0, 0.05) is 0 Å². The fourth-order valence-corrected chi connectivity index (χ4v) is 24.0. The number of hydrogen-bond donors (Lipinski definition) is 1. The quantitative estimate of drug-likeness (QED) is 0.226. The predicted octanol–water partition coefficient (Wildman–Crippen LogP) is 9.19. The molecule has 0 radical (unpaired) electrons. The van der Waals surface area contributed by atoms with Crippen molar-refractivity contribution in [3.05, 3.63) is 21.8 Å². The van der Waals surface area contributed by atoms with E-state index in [1.54, 1.807) is 0 Å². The van der Waals surface area contributed by atoms with Crippen LogP contribution in [0.1, 0.15) is 124 Å². The van der Waals surface area contributed by atoms with Crippen LogP contribution in [-0.4, -0.2) is 34.9 Å². The Bertz CT molecular complexity index is 793. The van der Waals surface area contributed by atoms with Gasteiger partial charge in [0.2, 0.25) is 0 Å². The first kappa shape index (κ1) is 28.9. The van der Waals surface area contributed by atoms with Gasteiger partial charge in [-0.3, -0.25) is 0 Å². The van der Waals surface area contributed by atoms with Crippen molar-refractivity contribution in [3.63, 3.8) is 0 Å². The zero-order valence-electron chi connectivity index (χ0n) is 24.1. The number of rotatable bonds is 12. The molecule has 0 aromatic carbocycles. The molecule has 0 amide bonds. The summed E-state index contributed by atoms with van der Waals surface area (Å²) in [4.78, 5) is 12.1. The molecule has 3 fully saturated rings. The number of unbranched alkanes of at least 4 members (excludes halogenated alkanes) is 3. The van der Waals surface area contributed by atoms with E-state index in [1.165, 1.54) is 83.1 Å². The van der Waals surface area contributed by atoms with E-state index in [2.05, 4.69) is 37.9 Å². The molecular formula is C33H56O2Sn. The Balaban J connectivity index is 1.60. The molecule has 4 aliphatic rings. The van der Waals surface area contributed by atoms with E-state index in [1.807, 2.05) is 6.08 Å². The van der Waals surface area contributed by atoms with Crippen LogP contribution >= 0.6 is 0 Å². The van der Waals surface area contributed by atoms with E-state index in [-0.39, 0.29) is 5.41 Å². The summed E-state index contributed by atoms with van der Waals surface area (Å²) in [5.74, 6) is 3.20. The van der Waals surface area contributed by atoms with Crippen molar-refractivity contribution in [2.24, 2.45) is 29.1 Å². The number of carbonyl (C=O) groups is 1. The molecule has 36 heavy (non-hydrogen) atoms. The van der Waals surface area contributed by atoms with Crippen molar-refractivity contribution in [2.45, 2.75) is 143 Å². The minimum absolute atomic E-state index is 0.0776. The van der Waals surface area contributed by atoms with Crippen molar-refractivity contribution in [3.8, 4) is 0 Å². The van der Waals surface area contributed by atoms with Crippen LogP contribution in [0.4, 0.5) is 0 Å². The maximum absolute atomic E-state index is 12.5. The predicted molar refractivity (Wildman–Crippen MR) is 156 cm³/mol. The zero-order valence-corrected chi connectivity index (χ0v) is 27.0. The van der Waals surface area contributed by atoms with Gasteiger partial charge in [-0.25, -0.2) is 0 Å². The van der Waals surface area contributed by atoms with Crippen molar-refractivity contribution < 1.29 is 9.90 Å². The fourth-order valence-electron chi connectivity index (χ4n) is 9.57. The summed E-state index contributed by atoms with van der Waals surface area (Å²) in [7, 11) is 0. The summed E-state index contributed by atoms with van der Waals surface area (Å²) in [6.07, 6.45) is 22.6. The molecule has 1 N–H and O–H groups in total. The standard InChI is InChI=1S/C21H29O2.3C4H9.Sn/c1-3-20-11-9-17-16-8-6-15(22)13-14(16)5-7-18(17)19(20)10-12-21(20,23)4-2;3*1-3-4-2;/h2,4,13,16-19,23H,3,5-12H2,1H3;3*1,3-4H2,2H3;/t16-,17+,18+,19-,20-,21-;;;;/m0..../s1. The van der Waals surface area contributed by atoms with E-state index in [0.29, 0.717) is 17.6 Å². The first-order chi connectivity index (χ1) is 17.4. The van der Waals surface area contributed by atoms with Gasteiger partial charge in [-0.2, -0.15) is 0 Å². The minimum atomic E-state index is -2.43. The van der Waals surface area contributed by atoms with Crippen molar-refractivity contribution in [1.82, 2.24) is 0 Å². The number of hydrogen-bond acceptors (Lipinski definition) is 2. The Hall–Kier alpha value is -0.0913. The van der Waals surface area contributed by atoms with Gasteiger partial charge in [-0.1, -0.05) is 0 Å². The van der Waals surface area contributed by atoms with Crippen LogP contribution in [0.25, 0.3) is 0 Å². The van der Waals surface area contributed by atoms with Gasteiger partial charge in [-0.05, 0) is 0 Å². The molecule has 0 heterocycles. The molecule has 0 saturated heterocycles. The molecule has 4 aliphatic carbocycles. The third kappa shape index (κ3) is 5.47. The first-order valence-electron chi connectivity index (χ1n) is 16.0. The van der Waals surface area contributed by atoms with Gasteiger partial charge in [0.25, 0.3) is 0 Å². The van der Waals surface area contributed by atoms with Crippen molar-refractivity contribution >= 4 is 24.2 Å². The zero-order chi connectivity index (χ0) is 25.8. The molecule has 4 rings (SSSR count). The molecule has 3 heteroatoms. The summed E-state index contributed by atoms with van der Waals surface area (Å²) in [6.45, 7) is 9.44. The summed E-state index contributed by atoms with van der Waals surface area (Å²) >= 11 is -2.43. The summed E-state index contributed by atoms with van der Waals surface area (Å²) in [6, 6.07) is 0. The molecular weight excluding hydrogens is 547 g/mol. The Morgan fingerprint density at radius 1 is 0.889 bits per heavy atom. The van der Waals surface area contributed by atoms with Gasteiger partial charge in [0.05, 0.1) is 0 Å². The third-order valence-electron chi connectivity index (χ3n) is 11.6. The molecule has 0 aliphatic heterocycles. The number of aliphatic hydroxyl groups is 1. The molecule has 0 spiro atoms. The molecule has 0 bridgehead atoms. The number of carbonyl (C=O) groups excluding carboxylic acids is 1. The Labute approximate surface area is 227 Å². The molecule has 0 unspecified atom stereocenters. The van der Waals surface area contributed by atoms with Crippen LogP contribution in [0.15, 0.2) is 21.8 Å². The van der Waals surface area contributed by atoms with Gasteiger partial charge < -0.3 is 0 Å². The second kappa shape index (κ2) is 12.4. The third-order valence-corrected chi connectivity index (χ3v) is 25.7. The summed E-state index contributed by atoms with van der Waals surface area (Å²) in [5, 5.41) is 12.5. The number of ketones is 1. The van der Waals surface area contributed by atoms with Crippen LogP contribution in [0.5, 0.6) is 0 Å². The van der Waals surface area contributed by atoms with Crippen LogP contribution in [-0.2, 0) is 4.79 Å². The molecule has 0 aromatic heterocycles. The maximum atomic E-state index is 12.5. The van der Waals surface area contributed by atoms with E-state index >= 15 is 0 Å². The van der Waals surface area contributed by atoms with E-state index in [9.17, 15) is 9.90 Å². The van der Waals surface area contributed by atoms with Crippen LogP contribution in [0, 0.1) is 29.1 Å². The summed E-state index contributed by atoms with van der Waals surface area (Å²) in [5.41, 5.74) is 0.961. The average molecular weight is 604 g/mol. The molecule has 3 saturated carbocycles. The number of fused-ring (bicyclic) bond motifs is 5. The monoisotopic (exact) mass is 604 g/mol. The summed E-state index contributed by atoms with van der Waals surface area (Å²) < 4.78 is 7.23. The normalized spacial score (nSPS) is 36.5. The van der Waals surface area contributed by atoms with Crippen LogP contribution in [0.2, 0.25) is 13.3 Å². The van der Waals surface area contributed by atoms with Gasteiger partial charge in [0.1, 0.15) is 0 Å². The molecule has 204 valence electrons. The SMILES string of the molecule is CCC[CH2][Sn](/[CH]=C\[C@]1(O)CC[C@H]2[C@@H]3CCC4=CC(=O)CC[C@@H]4[C@H]3CC[C@@]21CC)([CH2]CCC)[CH2]CCC. The first-order valence-corrected chi connectivity index (χ1v) is 23.7.